The normalized spacial score (nSPS) is 11.0. The fourth-order valence-corrected chi connectivity index (χ4v) is 4.50. The quantitative estimate of drug-likeness (QED) is 0.215. The Hall–Kier alpha value is -3.98. The van der Waals surface area contributed by atoms with Gasteiger partial charge in [0.05, 0.1) is 5.56 Å². The molecule has 0 fully saturated rings. The second kappa shape index (κ2) is 12.3. The third-order valence-electron chi connectivity index (χ3n) is 5.18. The Morgan fingerprint density at radius 3 is 2.16 bits per heavy atom. The second-order valence-electron chi connectivity index (χ2n) is 9.41. The summed E-state index contributed by atoms with van der Waals surface area (Å²) in [5.41, 5.74) is 1.67. The number of hydrogen-bond acceptors (Lipinski definition) is 6. The predicted octanol–water partition coefficient (Wildman–Crippen LogP) is 6.21. The maximum absolute atomic E-state index is 13.0. The molecular formula is C28H30N2O6S. The smallest absolute Gasteiger partial charge is 0.342 e. The zero-order valence-corrected chi connectivity index (χ0v) is 21.8. The number of amides is 2. The molecule has 0 bridgehead atoms. The van der Waals surface area contributed by atoms with Gasteiger partial charge in [-0.05, 0) is 57.4 Å². The van der Waals surface area contributed by atoms with Crippen molar-refractivity contribution in [1.29, 1.82) is 0 Å². The van der Waals surface area contributed by atoms with E-state index in [9.17, 15) is 19.2 Å². The van der Waals surface area contributed by atoms with E-state index >= 15 is 0 Å². The SMILES string of the molecule is CC(C)(C)OC(=O)c1c(-c2ccccc2)csc1NC(=O)CCCCC(=O)Nc1cccc(C(=O)O)c1. The van der Waals surface area contributed by atoms with Crippen LogP contribution in [-0.2, 0) is 14.3 Å². The van der Waals surface area contributed by atoms with Crippen molar-refractivity contribution < 1.29 is 29.0 Å². The number of carbonyl (C=O) groups is 4. The van der Waals surface area contributed by atoms with Gasteiger partial charge < -0.3 is 20.5 Å². The van der Waals surface area contributed by atoms with Gasteiger partial charge >= 0.3 is 11.9 Å². The van der Waals surface area contributed by atoms with E-state index in [2.05, 4.69) is 10.6 Å². The van der Waals surface area contributed by atoms with Crippen molar-refractivity contribution >= 4 is 45.8 Å². The topological polar surface area (TPSA) is 122 Å². The Morgan fingerprint density at radius 2 is 1.54 bits per heavy atom. The van der Waals surface area contributed by atoms with Crippen molar-refractivity contribution in [2.24, 2.45) is 0 Å². The largest absolute Gasteiger partial charge is 0.478 e. The van der Waals surface area contributed by atoms with Gasteiger partial charge in [0.15, 0.2) is 0 Å². The summed E-state index contributed by atoms with van der Waals surface area (Å²) < 4.78 is 5.60. The lowest BCUT2D eigenvalue weighted by molar-refractivity contribution is -0.118. The first kappa shape index (κ1) is 27.6. The average Bonchev–Trinajstić information content (AvgIpc) is 3.25. The van der Waals surface area contributed by atoms with Crippen LogP contribution in [0.3, 0.4) is 0 Å². The number of nitrogens with one attached hydrogen (secondary N) is 2. The van der Waals surface area contributed by atoms with Crippen LogP contribution < -0.4 is 10.6 Å². The molecule has 0 saturated carbocycles. The Kier molecular flexibility index (Phi) is 9.19. The lowest BCUT2D eigenvalue weighted by atomic mass is 10.0. The summed E-state index contributed by atoms with van der Waals surface area (Å²) in [6.45, 7) is 5.37. The number of carboxylic acid groups (broad SMARTS) is 1. The van der Waals surface area contributed by atoms with Gasteiger partial charge in [-0.3, -0.25) is 9.59 Å². The highest BCUT2D eigenvalue weighted by atomic mass is 32.1. The van der Waals surface area contributed by atoms with Gasteiger partial charge in [-0.25, -0.2) is 9.59 Å². The van der Waals surface area contributed by atoms with Crippen LogP contribution >= 0.6 is 11.3 Å². The molecule has 37 heavy (non-hydrogen) atoms. The molecule has 3 aromatic rings. The summed E-state index contributed by atoms with van der Waals surface area (Å²) in [4.78, 5) is 48.9. The van der Waals surface area contributed by atoms with Gasteiger partial charge in [0, 0.05) is 29.5 Å². The fraction of sp³-hybridized carbons (Fsp3) is 0.286. The van der Waals surface area contributed by atoms with Gasteiger partial charge in [0.1, 0.15) is 16.2 Å². The fourth-order valence-electron chi connectivity index (χ4n) is 3.53. The summed E-state index contributed by atoms with van der Waals surface area (Å²) in [6.07, 6.45) is 1.29. The molecule has 0 spiro atoms. The molecule has 1 heterocycles. The molecule has 0 radical (unpaired) electrons. The molecule has 3 rings (SSSR count). The van der Waals surface area contributed by atoms with Crippen LogP contribution in [0, 0.1) is 0 Å². The third-order valence-corrected chi connectivity index (χ3v) is 6.08. The Bertz CT molecular complexity index is 1280. The van der Waals surface area contributed by atoms with E-state index in [0.29, 0.717) is 34.7 Å². The Balaban J connectivity index is 1.57. The summed E-state index contributed by atoms with van der Waals surface area (Å²) in [5, 5.41) is 16.8. The van der Waals surface area contributed by atoms with Crippen molar-refractivity contribution in [3.05, 3.63) is 71.1 Å². The van der Waals surface area contributed by atoms with Crippen molar-refractivity contribution in [3.63, 3.8) is 0 Å². The summed E-state index contributed by atoms with van der Waals surface area (Å²) >= 11 is 1.26. The highest BCUT2D eigenvalue weighted by Gasteiger charge is 2.26. The molecular weight excluding hydrogens is 492 g/mol. The molecule has 0 atom stereocenters. The maximum atomic E-state index is 13.0. The molecule has 9 heteroatoms. The predicted molar refractivity (Wildman–Crippen MR) is 144 cm³/mol. The summed E-state index contributed by atoms with van der Waals surface area (Å²) in [5.74, 6) is -2.10. The van der Waals surface area contributed by atoms with E-state index in [4.69, 9.17) is 9.84 Å². The van der Waals surface area contributed by atoms with E-state index in [1.165, 1.54) is 23.5 Å². The van der Waals surface area contributed by atoms with Crippen LogP contribution in [0.1, 0.15) is 67.2 Å². The number of benzene rings is 2. The molecule has 2 aromatic carbocycles. The van der Waals surface area contributed by atoms with Gasteiger partial charge in [-0.2, -0.15) is 0 Å². The monoisotopic (exact) mass is 522 g/mol. The Labute approximate surface area is 219 Å². The zero-order chi connectivity index (χ0) is 27.0. The minimum atomic E-state index is -1.07. The molecule has 0 unspecified atom stereocenters. The van der Waals surface area contributed by atoms with Crippen LogP contribution in [0.2, 0.25) is 0 Å². The molecule has 0 aliphatic rings. The van der Waals surface area contributed by atoms with E-state index in [-0.39, 0.29) is 30.2 Å². The van der Waals surface area contributed by atoms with E-state index in [1.807, 2.05) is 35.7 Å². The standard InChI is InChI=1S/C28H30N2O6S/c1-28(2,3)36-27(35)24-21(18-10-5-4-6-11-18)17-37-25(24)30-23(32)15-8-7-14-22(31)29-20-13-9-12-19(16-20)26(33)34/h4-6,9-13,16-17H,7-8,14-15H2,1-3H3,(H,29,31)(H,30,32)(H,33,34). The van der Waals surface area contributed by atoms with Gasteiger partial charge in [0.2, 0.25) is 11.8 Å². The van der Waals surface area contributed by atoms with Gasteiger partial charge in [-0.1, -0.05) is 36.4 Å². The lowest BCUT2D eigenvalue weighted by Crippen LogP contribution is -2.25. The van der Waals surface area contributed by atoms with Crippen molar-refractivity contribution in [2.75, 3.05) is 10.6 Å². The number of carbonyl (C=O) groups excluding carboxylic acids is 3. The molecule has 0 saturated heterocycles. The van der Waals surface area contributed by atoms with E-state index in [0.717, 1.165) is 5.56 Å². The number of ether oxygens (including phenoxy) is 1. The van der Waals surface area contributed by atoms with Crippen molar-refractivity contribution in [1.82, 2.24) is 0 Å². The summed E-state index contributed by atoms with van der Waals surface area (Å²) in [6, 6.07) is 15.4. The maximum Gasteiger partial charge on any atom is 0.342 e. The Morgan fingerprint density at radius 1 is 0.892 bits per heavy atom. The number of carboxylic acids is 1. The first-order valence-electron chi connectivity index (χ1n) is 11.9. The van der Waals surface area contributed by atoms with E-state index < -0.39 is 17.5 Å². The number of hydrogen-bond donors (Lipinski definition) is 3. The number of aromatic carboxylic acids is 1. The molecule has 0 aliphatic carbocycles. The first-order valence-corrected chi connectivity index (χ1v) is 12.7. The minimum Gasteiger partial charge on any atom is -0.478 e. The van der Waals surface area contributed by atoms with Gasteiger partial charge in [0.25, 0.3) is 0 Å². The van der Waals surface area contributed by atoms with E-state index in [1.54, 1.807) is 32.9 Å². The van der Waals surface area contributed by atoms with Crippen LogP contribution in [0.15, 0.2) is 60.0 Å². The van der Waals surface area contributed by atoms with Gasteiger partial charge in [-0.15, -0.1) is 11.3 Å². The number of thiophene rings is 1. The first-order chi connectivity index (χ1) is 17.5. The number of unbranched alkanes of at least 4 members (excludes halogenated alkanes) is 1. The minimum absolute atomic E-state index is 0.0872. The zero-order valence-electron chi connectivity index (χ0n) is 21.0. The number of anilines is 2. The van der Waals surface area contributed by atoms with Crippen molar-refractivity contribution in [3.8, 4) is 11.1 Å². The van der Waals surface area contributed by atoms with Crippen LogP contribution in [0.4, 0.5) is 10.7 Å². The number of esters is 1. The lowest BCUT2D eigenvalue weighted by Gasteiger charge is -2.20. The molecule has 8 nitrogen and oxygen atoms in total. The van der Waals surface area contributed by atoms with Crippen molar-refractivity contribution in [2.45, 2.75) is 52.1 Å². The average molecular weight is 523 g/mol. The highest BCUT2D eigenvalue weighted by Crippen LogP contribution is 2.37. The third kappa shape index (κ3) is 8.28. The van der Waals surface area contributed by atoms with Crippen LogP contribution in [-0.4, -0.2) is 34.5 Å². The molecule has 1 aromatic heterocycles. The summed E-state index contributed by atoms with van der Waals surface area (Å²) in [7, 11) is 0. The second-order valence-corrected chi connectivity index (χ2v) is 10.3. The molecule has 194 valence electrons. The van der Waals surface area contributed by atoms with Crippen LogP contribution in [0.5, 0.6) is 0 Å². The molecule has 3 N–H and O–H groups in total. The molecule has 2 amide bonds. The number of rotatable bonds is 10. The highest BCUT2D eigenvalue weighted by molar-refractivity contribution is 7.15. The molecule has 0 aliphatic heterocycles. The van der Waals surface area contributed by atoms with Crippen LogP contribution in [0.25, 0.3) is 11.1 Å².